The number of hydrogen-bond donors (Lipinski definition) is 2. The maximum atomic E-state index is 9.51. The minimum atomic E-state index is -0.683. The summed E-state index contributed by atoms with van der Waals surface area (Å²) in [6, 6.07) is 7.27. The molecule has 1 saturated heterocycles. The van der Waals surface area contributed by atoms with E-state index in [2.05, 4.69) is 4.98 Å². The molecule has 3 rings (SSSR count). The largest absolute Gasteiger partial charge is 0.444 e. The summed E-state index contributed by atoms with van der Waals surface area (Å²) in [5, 5.41) is 19.7. The summed E-state index contributed by atoms with van der Waals surface area (Å²) in [7, 11) is 0. The lowest BCUT2D eigenvalue weighted by molar-refractivity contribution is 0.0572. The summed E-state index contributed by atoms with van der Waals surface area (Å²) < 4.78 is 5.45. The monoisotopic (exact) mass is 294 g/mol. The molecular weight excluding hydrogens is 280 g/mol. The van der Waals surface area contributed by atoms with Crippen molar-refractivity contribution in [1.29, 1.82) is 0 Å². The van der Waals surface area contributed by atoms with E-state index in [9.17, 15) is 10.2 Å². The standard InChI is InChI=1S/C14H15ClN2O3/c15-10-3-1-9(2-4-10)14-16-11(8-20-14)5-17-6-12(18)13(19)7-17/h1-4,8,12-13,18-19H,5-7H2. The summed E-state index contributed by atoms with van der Waals surface area (Å²) >= 11 is 5.84. The van der Waals surface area contributed by atoms with Crippen molar-refractivity contribution in [3.63, 3.8) is 0 Å². The lowest BCUT2D eigenvalue weighted by atomic mass is 10.2. The second-order valence-corrected chi connectivity index (χ2v) is 5.42. The van der Waals surface area contributed by atoms with Crippen molar-refractivity contribution in [3.8, 4) is 11.5 Å². The number of β-amino-alcohol motifs (C(OH)–C–C–N with tert-alkyl or cyclic N) is 2. The molecule has 2 atom stereocenters. The third-order valence-electron chi connectivity index (χ3n) is 3.36. The van der Waals surface area contributed by atoms with Crippen LogP contribution in [0.15, 0.2) is 34.9 Å². The molecule has 2 N–H and O–H groups in total. The number of likely N-dealkylation sites (tertiary alicyclic amines) is 1. The van der Waals surface area contributed by atoms with Crippen LogP contribution >= 0.6 is 11.6 Å². The molecule has 0 radical (unpaired) electrons. The van der Waals surface area contributed by atoms with Crippen molar-refractivity contribution in [1.82, 2.24) is 9.88 Å². The minimum absolute atomic E-state index is 0.449. The number of hydrogen-bond acceptors (Lipinski definition) is 5. The molecule has 2 heterocycles. The second kappa shape index (κ2) is 5.54. The number of aliphatic hydroxyl groups is 2. The second-order valence-electron chi connectivity index (χ2n) is 4.98. The zero-order chi connectivity index (χ0) is 14.1. The van der Waals surface area contributed by atoms with Gasteiger partial charge < -0.3 is 14.6 Å². The Morgan fingerprint density at radius 3 is 2.50 bits per heavy atom. The van der Waals surface area contributed by atoms with Gasteiger partial charge in [-0.15, -0.1) is 0 Å². The fourth-order valence-corrected chi connectivity index (χ4v) is 2.44. The van der Waals surface area contributed by atoms with Gasteiger partial charge in [0.05, 0.1) is 17.9 Å². The van der Waals surface area contributed by atoms with Crippen molar-refractivity contribution in [2.24, 2.45) is 0 Å². The Morgan fingerprint density at radius 1 is 1.20 bits per heavy atom. The maximum Gasteiger partial charge on any atom is 0.226 e. The molecule has 5 nitrogen and oxygen atoms in total. The summed E-state index contributed by atoms with van der Waals surface area (Å²) in [6.07, 6.45) is 0.233. The average Bonchev–Trinajstić information content (AvgIpc) is 2.99. The number of aliphatic hydroxyl groups excluding tert-OH is 2. The highest BCUT2D eigenvalue weighted by molar-refractivity contribution is 6.30. The molecule has 1 fully saturated rings. The van der Waals surface area contributed by atoms with Crippen LogP contribution in [0.5, 0.6) is 0 Å². The highest BCUT2D eigenvalue weighted by Gasteiger charge is 2.29. The van der Waals surface area contributed by atoms with Gasteiger partial charge in [0.15, 0.2) is 0 Å². The van der Waals surface area contributed by atoms with Crippen LogP contribution in [0.25, 0.3) is 11.5 Å². The molecule has 106 valence electrons. The van der Waals surface area contributed by atoms with Gasteiger partial charge in [0.2, 0.25) is 5.89 Å². The topological polar surface area (TPSA) is 69.7 Å². The van der Waals surface area contributed by atoms with Crippen LogP contribution < -0.4 is 0 Å². The van der Waals surface area contributed by atoms with E-state index in [4.69, 9.17) is 16.0 Å². The summed E-state index contributed by atoms with van der Waals surface area (Å²) in [6.45, 7) is 1.44. The van der Waals surface area contributed by atoms with E-state index in [0.29, 0.717) is 30.5 Å². The van der Waals surface area contributed by atoms with Crippen molar-refractivity contribution >= 4 is 11.6 Å². The van der Waals surface area contributed by atoms with Crippen LogP contribution in [-0.2, 0) is 6.54 Å². The normalized spacial score (nSPS) is 23.4. The predicted octanol–water partition coefficient (Wildman–Crippen LogP) is 1.53. The molecule has 0 aliphatic carbocycles. The molecule has 0 amide bonds. The Balaban J connectivity index is 1.69. The van der Waals surface area contributed by atoms with Gasteiger partial charge in [-0.3, -0.25) is 4.90 Å². The zero-order valence-corrected chi connectivity index (χ0v) is 11.5. The number of aromatic nitrogens is 1. The van der Waals surface area contributed by atoms with Gasteiger partial charge in [-0.2, -0.15) is 0 Å². The number of rotatable bonds is 3. The highest BCUT2D eigenvalue weighted by Crippen LogP contribution is 2.22. The highest BCUT2D eigenvalue weighted by atomic mass is 35.5. The minimum Gasteiger partial charge on any atom is -0.444 e. The van der Waals surface area contributed by atoms with Gasteiger partial charge in [0.25, 0.3) is 0 Å². The first kappa shape index (κ1) is 13.6. The molecule has 6 heteroatoms. The quantitative estimate of drug-likeness (QED) is 0.898. The van der Waals surface area contributed by atoms with Crippen molar-refractivity contribution < 1.29 is 14.6 Å². The molecule has 0 spiro atoms. The van der Waals surface area contributed by atoms with Crippen molar-refractivity contribution in [2.45, 2.75) is 18.8 Å². The maximum absolute atomic E-state index is 9.51. The Morgan fingerprint density at radius 2 is 1.85 bits per heavy atom. The van der Waals surface area contributed by atoms with E-state index in [1.54, 1.807) is 18.4 Å². The third kappa shape index (κ3) is 2.86. The predicted molar refractivity (Wildman–Crippen MR) is 74.2 cm³/mol. The SMILES string of the molecule is OC1CN(Cc2coc(-c3ccc(Cl)cc3)n2)CC1O. The van der Waals surface area contributed by atoms with Crippen molar-refractivity contribution in [3.05, 3.63) is 41.2 Å². The molecule has 20 heavy (non-hydrogen) atoms. The Kier molecular flexibility index (Phi) is 3.76. The first-order valence-corrected chi connectivity index (χ1v) is 6.78. The van der Waals surface area contributed by atoms with E-state index in [1.807, 2.05) is 17.0 Å². The molecule has 0 bridgehead atoms. The number of halogens is 1. The number of oxazole rings is 1. The molecule has 1 aromatic heterocycles. The van der Waals surface area contributed by atoms with Gasteiger partial charge in [-0.05, 0) is 24.3 Å². The van der Waals surface area contributed by atoms with Gasteiger partial charge in [-0.25, -0.2) is 4.98 Å². The Hall–Kier alpha value is -1.40. The smallest absolute Gasteiger partial charge is 0.226 e. The van der Waals surface area contributed by atoms with Crippen LogP contribution in [-0.4, -0.2) is 45.4 Å². The first-order chi connectivity index (χ1) is 9.61. The van der Waals surface area contributed by atoms with Crippen LogP contribution in [0.3, 0.4) is 0 Å². The summed E-state index contributed by atoms with van der Waals surface area (Å²) in [4.78, 5) is 6.35. The van der Waals surface area contributed by atoms with Crippen LogP contribution in [0.2, 0.25) is 5.02 Å². The molecule has 2 aromatic rings. The lowest BCUT2D eigenvalue weighted by Gasteiger charge is -2.11. The van der Waals surface area contributed by atoms with E-state index < -0.39 is 12.2 Å². The summed E-state index contributed by atoms with van der Waals surface area (Å²) in [5.41, 5.74) is 1.64. The molecule has 1 aliphatic heterocycles. The summed E-state index contributed by atoms with van der Waals surface area (Å²) in [5.74, 6) is 0.539. The molecule has 0 saturated carbocycles. The first-order valence-electron chi connectivity index (χ1n) is 6.40. The van der Waals surface area contributed by atoms with E-state index in [-0.39, 0.29) is 0 Å². The van der Waals surface area contributed by atoms with Gasteiger partial charge in [0, 0.05) is 30.2 Å². The van der Waals surface area contributed by atoms with Gasteiger partial charge in [0.1, 0.15) is 6.26 Å². The number of nitrogens with zero attached hydrogens (tertiary/aromatic N) is 2. The molecule has 1 aliphatic rings. The van der Waals surface area contributed by atoms with Crippen LogP contribution in [0.4, 0.5) is 0 Å². The molecule has 2 unspecified atom stereocenters. The molecular formula is C14H15ClN2O3. The van der Waals surface area contributed by atoms with Gasteiger partial charge in [-0.1, -0.05) is 11.6 Å². The average molecular weight is 295 g/mol. The molecule has 1 aromatic carbocycles. The van der Waals surface area contributed by atoms with Gasteiger partial charge >= 0.3 is 0 Å². The fraction of sp³-hybridized carbons (Fsp3) is 0.357. The van der Waals surface area contributed by atoms with Crippen molar-refractivity contribution in [2.75, 3.05) is 13.1 Å². The van der Waals surface area contributed by atoms with Crippen LogP contribution in [0.1, 0.15) is 5.69 Å². The Labute approximate surface area is 121 Å². The fourth-order valence-electron chi connectivity index (χ4n) is 2.31. The number of benzene rings is 1. The lowest BCUT2D eigenvalue weighted by Crippen LogP contribution is -2.22. The van der Waals surface area contributed by atoms with E-state index in [1.165, 1.54) is 0 Å². The van der Waals surface area contributed by atoms with E-state index >= 15 is 0 Å². The zero-order valence-electron chi connectivity index (χ0n) is 10.7. The third-order valence-corrected chi connectivity index (χ3v) is 3.62. The van der Waals surface area contributed by atoms with Crippen LogP contribution in [0, 0.1) is 0 Å². The Bertz CT molecular complexity index is 574. The van der Waals surface area contributed by atoms with E-state index in [0.717, 1.165) is 11.3 Å².